The Hall–Kier alpha value is -1.79. The van der Waals surface area contributed by atoms with Gasteiger partial charge < -0.3 is 4.57 Å². The van der Waals surface area contributed by atoms with E-state index in [0.717, 1.165) is 43.2 Å². The summed E-state index contributed by atoms with van der Waals surface area (Å²) in [5.41, 5.74) is 1.12. The maximum absolute atomic E-state index is 4.88. The number of aryl methyl sites for hydroxylation is 1. The third-order valence-electron chi connectivity index (χ3n) is 4.76. The molecule has 0 radical (unpaired) electrons. The van der Waals surface area contributed by atoms with Crippen LogP contribution in [0.2, 0.25) is 0 Å². The normalized spacial score (nSPS) is 18.7. The molecule has 126 valence electrons. The molecule has 0 aliphatic carbocycles. The Morgan fingerprint density at radius 3 is 2.96 bits per heavy atom. The summed E-state index contributed by atoms with van der Waals surface area (Å²) in [6.45, 7) is 7.21. The number of benzene rings is 1. The summed E-state index contributed by atoms with van der Waals surface area (Å²) < 4.78 is 3.54. The summed E-state index contributed by atoms with van der Waals surface area (Å²) in [5.74, 6) is 2.10. The summed E-state index contributed by atoms with van der Waals surface area (Å²) >= 11 is 1.83. The zero-order valence-corrected chi connectivity index (χ0v) is 15.1. The third kappa shape index (κ3) is 2.84. The van der Waals surface area contributed by atoms with Gasteiger partial charge in [-0.25, -0.2) is 4.98 Å². The third-order valence-corrected chi connectivity index (χ3v) is 5.90. The van der Waals surface area contributed by atoms with Crippen LogP contribution in [0.15, 0.2) is 24.3 Å². The average Bonchev–Trinajstić information content (AvgIpc) is 3.29. The lowest BCUT2D eigenvalue weighted by Gasteiger charge is -2.22. The van der Waals surface area contributed by atoms with Crippen molar-refractivity contribution in [2.24, 2.45) is 0 Å². The molecule has 0 bridgehead atoms. The molecule has 1 fully saturated rings. The number of likely N-dealkylation sites (tertiary alicyclic amines) is 1. The van der Waals surface area contributed by atoms with Crippen molar-refractivity contribution in [2.45, 2.75) is 52.2 Å². The molecule has 1 unspecified atom stereocenters. The average molecular weight is 341 g/mol. The van der Waals surface area contributed by atoms with Gasteiger partial charge in [0, 0.05) is 6.54 Å². The van der Waals surface area contributed by atoms with E-state index in [-0.39, 0.29) is 0 Å². The number of para-hydroxylation sites is 1. The first kappa shape index (κ1) is 15.7. The Labute approximate surface area is 146 Å². The van der Waals surface area contributed by atoms with Crippen LogP contribution in [-0.4, -0.2) is 31.2 Å². The van der Waals surface area contributed by atoms with Crippen LogP contribution in [0.5, 0.6) is 0 Å². The molecule has 0 N–H and O–H groups in total. The van der Waals surface area contributed by atoms with Gasteiger partial charge in [-0.15, -0.1) is 21.5 Å². The van der Waals surface area contributed by atoms with E-state index in [1.807, 2.05) is 18.3 Å². The first-order valence-electron chi connectivity index (χ1n) is 8.74. The minimum absolute atomic E-state index is 0.412. The second-order valence-corrected chi connectivity index (χ2v) is 7.53. The predicted octanol–water partition coefficient (Wildman–Crippen LogP) is 3.94. The quantitative estimate of drug-likeness (QED) is 0.705. The van der Waals surface area contributed by atoms with E-state index < -0.39 is 0 Å². The summed E-state index contributed by atoms with van der Waals surface area (Å²) in [6, 6.07) is 8.84. The molecule has 3 aromatic rings. The topological polar surface area (TPSA) is 46.8 Å². The second-order valence-electron chi connectivity index (χ2n) is 6.46. The van der Waals surface area contributed by atoms with Gasteiger partial charge in [-0.05, 0) is 44.9 Å². The van der Waals surface area contributed by atoms with Crippen LogP contribution in [0, 0.1) is 6.92 Å². The molecular weight excluding hydrogens is 318 g/mol. The molecule has 2 aromatic heterocycles. The maximum atomic E-state index is 4.88. The molecule has 1 saturated heterocycles. The zero-order chi connectivity index (χ0) is 16.5. The molecule has 3 heterocycles. The predicted molar refractivity (Wildman–Crippen MR) is 97.1 cm³/mol. The van der Waals surface area contributed by atoms with Gasteiger partial charge >= 0.3 is 0 Å². The number of rotatable bonds is 5. The Bertz CT molecular complexity index is 804. The standard InChI is InChI=1S/C18H23N5S/c1-3-10-23-13(2)20-21-17(23)12-22-11-6-8-15(22)18-19-14-7-4-5-9-16(14)24-18/h4-5,7,9,15H,3,6,8,10-12H2,1-2H3. The van der Waals surface area contributed by atoms with Crippen molar-refractivity contribution in [3.8, 4) is 0 Å². The largest absolute Gasteiger partial charge is 0.314 e. The SMILES string of the molecule is CCCn1c(C)nnc1CN1CCCC1c1nc2ccccc2s1. The van der Waals surface area contributed by atoms with Crippen LogP contribution in [0.1, 0.15) is 48.9 Å². The molecular formula is C18H23N5S. The van der Waals surface area contributed by atoms with E-state index in [0.29, 0.717) is 6.04 Å². The molecule has 0 saturated carbocycles. The summed E-state index contributed by atoms with van der Waals surface area (Å²) in [7, 11) is 0. The van der Waals surface area contributed by atoms with Gasteiger partial charge in [-0.2, -0.15) is 0 Å². The zero-order valence-electron chi connectivity index (χ0n) is 14.3. The number of aromatic nitrogens is 4. The van der Waals surface area contributed by atoms with Crippen LogP contribution in [0.25, 0.3) is 10.2 Å². The van der Waals surface area contributed by atoms with Gasteiger partial charge in [0.15, 0.2) is 0 Å². The van der Waals surface area contributed by atoms with Crippen molar-refractivity contribution >= 4 is 21.6 Å². The fourth-order valence-electron chi connectivity index (χ4n) is 3.57. The van der Waals surface area contributed by atoms with Crippen molar-refractivity contribution in [1.82, 2.24) is 24.6 Å². The molecule has 4 rings (SSSR count). The lowest BCUT2D eigenvalue weighted by molar-refractivity contribution is 0.238. The molecule has 24 heavy (non-hydrogen) atoms. The highest BCUT2D eigenvalue weighted by Crippen LogP contribution is 2.37. The smallest absolute Gasteiger partial charge is 0.147 e. The first-order chi connectivity index (χ1) is 11.8. The van der Waals surface area contributed by atoms with Crippen molar-refractivity contribution < 1.29 is 0 Å². The van der Waals surface area contributed by atoms with Crippen LogP contribution in [-0.2, 0) is 13.1 Å². The molecule has 0 amide bonds. The number of hydrogen-bond donors (Lipinski definition) is 0. The highest BCUT2D eigenvalue weighted by Gasteiger charge is 2.30. The Kier molecular flexibility index (Phi) is 4.33. The maximum Gasteiger partial charge on any atom is 0.147 e. The number of hydrogen-bond acceptors (Lipinski definition) is 5. The number of thiazole rings is 1. The summed E-state index contributed by atoms with van der Waals surface area (Å²) in [4.78, 5) is 7.41. The highest BCUT2D eigenvalue weighted by atomic mass is 32.1. The van der Waals surface area contributed by atoms with E-state index in [1.54, 1.807) is 0 Å². The van der Waals surface area contributed by atoms with E-state index >= 15 is 0 Å². The van der Waals surface area contributed by atoms with E-state index in [9.17, 15) is 0 Å². The van der Waals surface area contributed by atoms with Crippen LogP contribution < -0.4 is 0 Å². The molecule has 1 aliphatic rings. The lowest BCUT2D eigenvalue weighted by atomic mass is 10.2. The molecule has 6 heteroatoms. The van der Waals surface area contributed by atoms with Gasteiger partial charge in [0.2, 0.25) is 0 Å². The van der Waals surface area contributed by atoms with E-state index in [4.69, 9.17) is 4.98 Å². The fraction of sp³-hybridized carbons (Fsp3) is 0.500. The van der Waals surface area contributed by atoms with Crippen molar-refractivity contribution in [1.29, 1.82) is 0 Å². The molecule has 1 aliphatic heterocycles. The van der Waals surface area contributed by atoms with E-state index in [1.165, 1.54) is 22.5 Å². The van der Waals surface area contributed by atoms with Crippen molar-refractivity contribution in [3.05, 3.63) is 40.9 Å². The van der Waals surface area contributed by atoms with Crippen molar-refractivity contribution in [3.63, 3.8) is 0 Å². The van der Waals surface area contributed by atoms with Crippen LogP contribution in [0.4, 0.5) is 0 Å². The van der Waals surface area contributed by atoms with Gasteiger partial charge in [-0.1, -0.05) is 19.1 Å². The van der Waals surface area contributed by atoms with Gasteiger partial charge in [0.25, 0.3) is 0 Å². The minimum atomic E-state index is 0.412. The fourth-order valence-corrected chi connectivity index (χ4v) is 4.70. The highest BCUT2D eigenvalue weighted by molar-refractivity contribution is 7.18. The first-order valence-corrected chi connectivity index (χ1v) is 9.56. The lowest BCUT2D eigenvalue weighted by Crippen LogP contribution is -2.25. The van der Waals surface area contributed by atoms with Gasteiger partial charge in [0.05, 0.1) is 22.8 Å². The van der Waals surface area contributed by atoms with Gasteiger partial charge in [-0.3, -0.25) is 4.90 Å². The molecule has 1 aromatic carbocycles. The number of fused-ring (bicyclic) bond motifs is 1. The van der Waals surface area contributed by atoms with Gasteiger partial charge in [0.1, 0.15) is 16.7 Å². The summed E-state index contributed by atoms with van der Waals surface area (Å²) in [6.07, 6.45) is 3.51. The monoisotopic (exact) mass is 341 g/mol. The second kappa shape index (κ2) is 6.61. The van der Waals surface area contributed by atoms with Crippen LogP contribution in [0.3, 0.4) is 0 Å². The Morgan fingerprint density at radius 1 is 1.25 bits per heavy atom. The molecule has 0 spiro atoms. The number of nitrogens with zero attached hydrogens (tertiary/aromatic N) is 5. The molecule has 1 atom stereocenters. The minimum Gasteiger partial charge on any atom is -0.314 e. The Balaban J connectivity index is 1.59. The van der Waals surface area contributed by atoms with E-state index in [2.05, 4.69) is 50.9 Å². The Morgan fingerprint density at radius 2 is 2.12 bits per heavy atom. The summed E-state index contributed by atoms with van der Waals surface area (Å²) in [5, 5.41) is 9.95. The molecule has 5 nitrogen and oxygen atoms in total. The van der Waals surface area contributed by atoms with Crippen molar-refractivity contribution in [2.75, 3.05) is 6.54 Å². The van der Waals surface area contributed by atoms with Crippen LogP contribution >= 0.6 is 11.3 Å².